The van der Waals surface area contributed by atoms with Crippen molar-refractivity contribution >= 4 is 24.2 Å². The van der Waals surface area contributed by atoms with E-state index in [1.807, 2.05) is 6.92 Å². The predicted molar refractivity (Wildman–Crippen MR) is 55.3 cm³/mol. The van der Waals surface area contributed by atoms with Crippen molar-refractivity contribution in [1.82, 2.24) is 0 Å². The maximum absolute atomic E-state index is 10.8. The van der Waals surface area contributed by atoms with Gasteiger partial charge in [0.25, 0.3) is 0 Å². The van der Waals surface area contributed by atoms with Crippen molar-refractivity contribution in [3.05, 3.63) is 23.8 Å². The largest absolute Gasteiger partial charge is 0.488 e. The van der Waals surface area contributed by atoms with Gasteiger partial charge in [-0.3, -0.25) is 4.79 Å². The molecule has 0 radical (unpaired) electrons. The van der Waals surface area contributed by atoms with E-state index in [1.54, 1.807) is 18.2 Å². The molecule has 0 atom stereocenters. The Morgan fingerprint density at radius 3 is 2.57 bits per heavy atom. The zero-order valence-electron chi connectivity index (χ0n) is 8.11. The van der Waals surface area contributed by atoms with Gasteiger partial charge in [-0.05, 0) is 24.0 Å². The summed E-state index contributed by atoms with van der Waals surface area (Å²) < 4.78 is 0. The van der Waals surface area contributed by atoms with Gasteiger partial charge < -0.3 is 15.4 Å². The van der Waals surface area contributed by atoms with Gasteiger partial charge in [-0.25, -0.2) is 0 Å². The maximum atomic E-state index is 10.8. The van der Waals surface area contributed by atoms with E-state index in [-0.39, 0.29) is 5.91 Å². The third kappa shape index (κ3) is 2.58. The predicted octanol–water partition coefficient (Wildman–Crippen LogP) is -0.367. The monoisotopic (exact) mass is 193 g/mol. The van der Waals surface area contributed by atoms with Crippen LogP contribution in [0.4, 0.5) is 5.69 Å². The Hall–Kier alpha value is -1.33. The fourth-order valence-electron chi connectivity index (χ4n) is 1.12. The number of rotatable bonds is 2. The fourth-order valence-corrected chi connectivity index (χ4v) is 1.12. The molecule has 0 saturated heterocycles. The molecule has 5 heteroatoms. The van der Waals surface area contributed by atoms with Gasteiger partial charge in [-0.1, -0.05) is 12.1 Å². The lowest BCUT2D eigenvalue weighted by atomic mass is 9.79. The van der Waals surface area contributed by atoms with Crippen LogP contribution in [0.2, 0.25) is 0 Å². The van der Waals surface area contributed by atoms with Crippen molar-refractivity contribution in [2.45, 2.75) is 13.8 Å². The second kappa shape index (κ2) is 4.26. The van der Waals surface area contributed by atoms with Crippen molar-refractivity contribution in [3.8, 4) is 0 Å². The molecule has 0 heterocycles. The zero-order chi connectivity index (χ0) is 10.7. The minimum absolute atomic E-state index is 0.183. The molecule has 0 aliphatic carbocycles. The number of hydrogen-bond donors (Lipinski definition) is 3. The normalized spacial score (nSPS) is 9.71. The second-order valence-corrected chi connectivity index (χ2v) is 3.13. The number of carbonyl (C=O) groups excluding carboxylic acids is 1. The molecule has 4 nitrogen and oxygen atoms in total. The van der Waals surface area contributed by atoms with Crippen LogP contribution in [0, 0.1) is 6.92 Å². The van der Waals surface area contributed by atoms with Gasteiger partial charge in [-0.15, -0.1) is 0 Å². The summed E-state index contributed by atoms with van der Waals surface area (Å²) in [5, 5.41) is 20.4. The summed E-state index contributed by atoms with van der Waals surface area (Å²) in [5.74, 6) is -0.183. The first-order valence-electron chi connectivity index (χ1n) is 4.25. The third-order valence-electron chi connectivity index (χ3n) is 1.87. The molecule has 1 aromatic carbocycles. The minimum Gasteiger partial charge on any atom is -0.423 e. The molecule has 0 fully saturated rings. The van der Waals surface area contributed by atoms with Crippen LogP contribution in [0.25, 0.3) is 0 Å². The highest BCUT2D eigenvalue weighted by molar-refractivity contribution is 6.58. The van der Waals surface area contributed by atoms with Crippen molar-refractivity contribution in [2.75, 3.05) is 5.32 Å². The molecule has 1 amide bonds. The van der Waals surface area contributed by atoms with E-state index < -0.39 is 7.12 Å². The Kier molecular flexibility index (Phi) is 3.27. The molecule has 0 aliphatic rings. The summed E-state index contributed by atoms with van der Waals surface area (Å²) in [5.41, 5.74) is 1.84. The summed E-state index contributed by atoms with van der Waals surface area (Å²) >= 11 is 0. The Balaban J connectivity index is 3.02. The van der Waals surface area contributed by atoms with Gasteiger partial charge in [0.15, 0.2) is 0 Å². The van der Waals surface area contributed by atoms with E-state index >= 15 is 0 Å². The van der Waals surface area contributed by atoms with Gasteiger partial charge in [0.05, 0.1) is 0 Å². The number of aryl methyl sites for hydroxylation is 1. The second-order valence-electron chi connectivity index (χ2n) is 3.13. The smallest absolute Gasteiger partial charge is 0.423 e. The molecule has 1 aromatic rings. The summed E-state index contributed by atoms with van der Waals surface area (Å²) in [6, 6.07) is 4.87. The van der Waals surface area contributed by atoms with Gasteiger partial charge in [0, 0.05) is 12.6 Å². The highest BCUT2D eigenvalue weighted by atomic mass is 16.4. The van der Waals surface area contributed by atoms with Crippen LogP contribution in [-0.2, 0) is 4.79 Å². The first-order chi connectivity index (χ1) is 6.50. The topological polar surface area (TPSA) is 69.6 Å². The van der Waals surface area contributed by atoms with E-state index in [9.17, 15) is 4.79 Å². The van der Waals surface area contributed by atoms with Crippen LogP contribution >= 0.6 is 0 Å². The molecule has 0 unspecified atom stereocenters. The average molecular weight is 193 g/mol. The molecule has 0 saturated carbocycles. The number of benzene rings is 1. The summed E-state index contributed by atoms with van der Waals surface area (Å²) in [6.45, 7) is 3.24. The van der Waals surface area contributed by atoms with Crippen LogP contribution in [-0.4, -0.2) is 23.1 Å². The van der Waals surface area contributed by atoms with Crippen molar-refractivity contribution in [3.63, 3.8) is 0 Å². The molecule has 0 aromatic heterocycles. The molecule has 74 valence electrons. The van der Waals surface area contributed by atoms with E-state index in [2.05, 4.69) is 5.32 Å². The Bertz CT molecular complexity index is 352. The maximum Gasteiger partial charge on any atom is 0.488 e. The lowest BCUT2D eigenvalue weighted by Crippen LogP contribution is -2.30. The number of nitrogens with one attached hydrogen (secondary N) is 1. The summed E-state index contributed by atoms with van der Waals surface area (Å²) in [4.78, 5) is 10.8. The first-order valence-corrected chi connectivity index (χ1v) is 4.25. The minimum atomic E-state index is -1.51. The van der Waals surface area contributed by atoms with E-state index in [0.29, 0.717) is 11.2 Å². The summed E-state index contributed by atoms with van der Waals surface area (Å²) in [7, 11) is -1.51. The number of anilines is 1. The standard InChI is InChI=1S/C9H12BNO3/c1-6-3-4-8(10(13)14)5-9(6)11-7(2)12/h3-5,13-14H,1-2H3,(H,11,12). The SMILES string of the molecule is CC(=O)Nc1cc(B(O)O)ccc1C. The van der Waals surface area contributed by atoms with Crippen LogP contribution in [0.3, 0.4) is 0 Å². The van der Waals surface area contributed by atoms with Gasteiger partial charge in [0.2, 0.25) is 5.91 Å². The van der Waals surface area contributed by atoms with E-state index in [1.165, 1.54) is 6.92 Å². The highest BCUT2D eigenvalue weighted by Gasteiger charge is 2.12. The molecule has 1 rings (SSSR count). The lowest BCUT2D eigenvalue weighted by Gasteiger charge is -2.08. The molecule has 14 heavy (non-hydrogen) atoms. The Morgan fingerprint density at radius 2 is 2.07 bits per heavy atom. The summed E-state index contributed by atoms with van der Waals surface area (Å²) in [6.07, 6.45) is 0. The van der Waals surface area contributed by atoms with Gasteiger partial charge >= 0.3 is 7.12 Å². The lowest BCUT2D eigenvalue weighted by molar-refractivity contribution is -0.114. The van der Waals surface area contributed by atoms with Crippen LogP contribution in [0.15, 0.2) is 18.2 Å². The third-order valence-corrected chi connectivity index (χ3v) is 1.87. The Morgan fingerprint density at radius 1 is 1.43 bits per heavy atom. The molecule has 0 spiro atoms. The van der Waals surface area contributed by atoms with Crippen molar-refractivity contribution in [1.29, 1.82) is 0 Å². The average Bonchev–Trinajstić information content (AvgIpc) is 2.07. The van der Waals surface area contributed by atoms with Gasteiger partial charge in [0.1, 0.15) is 0 Å². The fraction of sp³-hybridized carbons (Fsp3) is 0.222. The van der Waals surface area contributed by atoms with Crippen molar-refractivity contribution in [2.24, 2.45) is 0 Å². The highest BCUT2D eigenvalue weighted by Crippen LogP contribution is 2.11. The molecule has 0 bridgehead atoms. The van der Waals surface area contributed by atoms with Gasteiger partial charge in [-0.2, -0.15) is 0 Å². The molecule has 0 aliphatic heterocycles. The Labute approximate surface area is 82.7 Å². The van der Waals surface area contributed by atoms with Crippen LogP contribution in [0.5, 0.6) is 0 Å². The van der Waals surface area contributed by atoms with Crippen LogP contribution < -0.4 is 10.8 Å². The molecular formula is C9H12BNO3. The number of amides is 1. The first kappa shape index (κ1) is 10.8. The quantitative estimate of drug-likeness (QED) is 0.561. The molecule has 3 N–H and O–H groups in total. The van der Waals surface area contributed by atoms with E-state index in [4.69, 9.17) is 10.0 Å². The van der Waals surface area contributed by atoms with Crippen molar-refractivity contribution < 1.29 is 14.8 Å². The van der Waals surface area contributed by atoms with Crippen LogP contribution in [0.1, 0.15) is 12.5 Å². The molecular weight excluding hydrogens is 181 g/mol. The zero-order valence-corrected chi connectivity index (χ0v) is 8.11. The number of hydrogen-bond acceptors (Lipinski definition) is 3. The van der Waals surface area contributed by atoms with E-state index in [0.717, 1.165) is 5.56 Å². The number of carbonyl (C=O) groups is 1.